The number of alkyl carbamates (subject to hydrolysis) is 1. The van der Waals surface area contributed by atoms with Crippen molar-refractivity contribution in [2.45, 2.75) is 111 Å². The van der Waals surface area contributed by atoms with Gasteiger partial charge in [0.1, 0.15) is 29.7 Å². The van der Waals surface area contributed by atoms with Gasteiger partial charge in [0.15, 0.2) is 17.8 Å². The number of benzene rings is 1. The van der Waals surface area contributed by atoms with Crippen LogP contribution in [-0.4, -0.2) is 161 Å². The molecule has 2 aliphatic rings. The van der Waals surface area contributed by atoms with Crippen LogP contribution in [0.5, 0.6) is 11.5 Å². The molecule has 7 amide bonds. The number of aliphatic imine (C=N–C) groups is 1. The predicted molar refractivity (Wildman–Crippen MR) is 311 cm³/mol. The fourth-order valence-electron chi connectivity index (χ4n) is 9.18. The Balaban J connectivity index is 0.863. The van der Waals surface area contributed by atoms with Crippen LogP contribution in [0.2, 0.25) is 0 Å². The fourth-order valence-corrected chi connectivity index (χ4v) is 9.18. The second kappa shape index (κ2) is 29.7. The van der Waals surface area contributed by atoms with E-state index in [4.69, 9.17) is 28.4 Å². The summed E-state index contributed by atoms with van der Waals surface area (Å²) in [7, 11) is 6.41. The maximum absolute atomic E-state index is 13.4. The number of carbonyl (C=O) groups excluding carboxylic acids is 8. The molecule has 2 aliphatic heterocycles. The molecule has 456 valence electrons. The topological polar surface area (TPSA) is 315 Å². The highest BCUT2D eigenvalue weighted by Crippen LogP contribution is 2.39. The number of aryl methyl sites for hydroxylation is 3. The monoisotopic (exact) mass is 1170 g/mol. The third-order valence-electron chi connectivity index (χ3n) is 13.1. The van der Waals surface area contributed by atoms with Crippen LogP contribution in [0.15, 0.2) is 66.1 Å². The van der Waals surface area contributed by atoms with E-state index in [1.54, 1.807) is 81.4 Å². The van der Waals surface area contributed by atoms with Crippen LogP contribution < -0.4 is 41.4 Å². The summed E-state index contributed by atoms with van der Waals surface area (Å²) in [6, 6.07) is 6.65. The van der Waals surface area contributed by atoms with E-state index in [0.717, 1.165) is 5.57 Å². The number of anilines is 3. The van der Waals surface area contributed by atoms with Gasteiger partial charge in [-0.25, -0.2) is 9.59 Å². The number of nitrogens with zero attached hydrogens (tertiary/aromatic N) is 5. The van der Waals surface area contributed by atoms with Crippen molar-refractivity contribution in [3.63, 3.8) is 0 Å². The molecule has 6 rings (SSSR count). The number of carbonyl (C=O) groups is 8. The average Bonchev–Trinajstić information content (AvgIpc) is 4.00. The molecule has 7 N–H and O–H groups in total. The van der Waals surface area contributed by atoms with Crippen molar-refractivity contribution in [1.29, 1.82) is 0 Å². The Morgan fingerprint density at radius 1 is 0.750 bits per heavy atom. The molecular weight excluding hydrogens is 1090 g/mol. The lowest BCUT2D eigenvalue weighted by Gasteiger charge is -2.29. The maximum Gasteiger partial charge on any atom is 0.407 e. The summed E-state index contributed by atoms with van der Waals surface area (Å²) < 4.78 is 38.2. The molecule has 1 fully saturated rings. The van der Waals surface area contributed by atoms with Crippen LogP contribution in [0.25, 0.3) is 0 Å². The van der Waals surface area contributed by atoms with Crippen molar-refractivity contribution in [2.75, 3.05) is 69.1 Å². The van der Waals surface area contributed by atoms with Crippen molar-refractivity contribution in [1.82, 2.24) is 34.6 Å². The van der Waals surface area contributed by atoms with Crippen molar-refractivity contribution in [2.24, 2.45) is 31.6 Å². The number of ether oxygens (including phenoxy) is 6. The average molecular weight is 1170 g/mol. The number of hydrogen-bond acceptors (Lipinski definition) is 16. The zero-order valence-electron chi connectivity index (χ0n) is 49.4. The second-order valence-corrected chi connectivity index (χ2v) is 22.0. The van der Waals surface area contributed by atoms with E-state index in [1.807, 2.05) is 20.8 Å². The number of aliphatic hydroxyl groups is 1. The van der Waals surface area contributed by atoms with Gasteiger partial charge >= 0.3 is 12.1 Å². The molecule has 4 atom stereocenters. The number of rotatable bonds is 29. The fraction of sp³-hybridized carbons (Fsp3) is 0.500. The molecular formula is C58H79N11O15. The number of methoxy groups -OCH3 is 1. The minimum Gasteiger partial charge on any atom is -0.493 e. The largest absolute Gasteiger partial charge is 0.493 e. The van der Waals surface area contributed by atoms with Gasteiger partial charge in [0, 0.05) is 84.5 Å². The van der Waals surface area contributed by atoms with Gasteiger partial charge in [-0.1, -0.05) is 32.9 Å². The number of hydrogen-bond donors (Lipinski definition) is 7. The minimum atomic E-state index is -0.996. The number of fused-ring (bicyclic) bond motifs is 2. The van der Waals surface area contributed by atoms with E-state index in [-0.39, 0.29) is 105 Å². The van der Waals surface area contributed by atoms with E-state index in [2.05, 4.69) is 43.5 Å². The third-order valence-corrected chi connectivity index (χ3v) is 13.1. The molecule has 0 spiro atoms. The van der Waals surface area contributed by atoms with Crippen molar-refractivity contribution in [3.8, 4) is 11.5 Å². The number of aromatic nitrogens is 3. The van der Waals surface area contributed by atoms with Gasteiger partial charge in [-0.05, 0) is 76.1 Å². The highest BCUT2D eigenvalue weighted by atomic mass is 16.7. The van der Waals surface area contributed by atoms with Crippen molar-refractivity contribution >= 4 is 76.5 Å². The highest BCUT2D eigenvalue weighted by Gasteiger charge is 2.34. The van der Waals surface area contributed by atoms with Crippen LogP contribution in [0.1, 0.15) is 122 Å². The van der Waals surface area contributed by atoms with Gasteiger partial charge < -0.3 is 84.0 Å². The van der Waals surface area contributed by atoms with Crippen LogP contribution in [-0.2, 0) is 54.5 Å². The van der Waals surface area contributed by atoms with E-state index in [9.17, 15) is 43.5 Å². The molecule has 5 heterocycles. The summed E-state index contributed by atoms with van der Waals surface area (Å²) in [6.07, 6.45) is 5.75. The number of nitrogens with one attached hydrogen (secondary N) is 6. The van der Waals surface area contributed by atoms with Crippen LogP contribution >= 0.6 is 0 Å². The van der Waals surface area contributed by atoms with Gasteiger partial charge in [-0.3, -0.25) is 33.8 Å². The van der Waals surface area contributed by atoms with Crippen LogP contribution in [0, 0.1) is 5.41 Å². The van der Waals surface area contributed by atoms with E-state index < -0.39 is 54.1 Å². The summed E-state index contributed by atoms with van der Waals surface area (Å²) in [4.78, 5) is 110. The minimum absolute atomic E-state index is 0.0565. The Bertz CT molecular complexity index is 3080. The second-order valence-electron chi connectivity index (χ2n) is 22.0. The normalized spacial score (nSPS) is 14.8. The zero-order chi connectivity index (χ0) is 61.4. The summed E-state index contributed by atoms with van der Waals surface area (Å²) in [5.41, 5.74) is 3.44. The Hall–Kier alpha value is -8.49. The first kappa shape index (κ1) is 64.7. The summed E-state index contributed by atoms with van der Waals surface area (Å²) in [5.74, 6) is -2.38. The van der Waals surface area contributed by atoms with Gasteiger partial charge in [0.2, 0.25) is 11.8 Å². The molecule has 26 heteroatoms. The SMILES string of the molecule is C=C1CC2C=Nc3cc(OCCCC(=O)Nc4cc(C(=O)Nc5cc(C(=O)Nc6cc(C(=O)NCCCOC(=O)[C@H](C)NC(=O)CCNC(=O)OCC(OC(C)C)OC(CO)CC(C)(C)C)n(C)c6)n(C)c5)n(C)c4)c(OC)cc3C(=O)N2C1. The first-order chi connectivity index (χ1) is 39.8. The first-order valence-electron chi connectivity index (χ1n) is 27.7. The molecule has 3 aromatic heterocycles. The standard InChI is InChI=1S/C58H79N11O15/c1-34(2)83-51(84-41(32-70)26-58(5,6)7)33-82-57(78)60-17-15-50(72)62-36(4)56(77)81-19-13-16-59-52(73)44-22-38(30-66(44)8)64-54(75)46-23-39(31-68(46)10)65-53(74)45-21-37(29-67(45)9)63-49(71)14-12-18-80-48-25-43-42(24-47(48)79-11)55(76)69-28-35(3)20-40(69)27-61-43/h21-25,27,29-31,34,36,40-41,51,70H,3,12-20,26,28,32-33H2,1-2,4-11H3,(H,59,73)(H,60,78)(H,62,72)(H,63,71)(H,64,75)(H,65,74)/t36-,40?,41?,51?/m0/s1. The lowest BCUT2D eigenvalue weighted by molar-refractivity contribution is -0.213. The third kappa shape index (κ3) is 18.8. The summed E-state index contributed by atoms with van der Waals surface area (Å²) in [5, 5.41) is 25.9. The Morgan fingerprint density at radius 2 is 1.37 bits per heavy atom. The molecule has 0 saturated carbocycles. The lowest BCUT2D eigenvalue weighted by atomic mass is 9.89. The van der Waals surface area contributed by atoms with E-state index in [0.29, 0.717) is 65.6 Å². The molecule has 0 radical (unpaired) electrons. The zero-order valence-corrected chi connectivity index (χ0v) is 49.4. The first-order valence-corrected chi connectivity index (χ1v) is 27.7. The quantitative estimate of drug-likeness (QED) is 0.0156. The van der Waals surface area contributed by atoms with Crippen LogP contribution in [0.4, 0.5) is 27.5 Å². The summed E-state index contributed by atoms with van der Waals surface area (Å²) >= 11 is 0. The molecule has 0 aliphatic carbocycles. The molecule has 3 unspecified atom stereocenters. The molecule has 84 heavy (non-hydrogen) atoms. The maximum atomic E-state index is 13.4. The molecule has 4 aromatic rings. The molecule has 1 saturated heterocycles. The Morgan fingerprint density at radius 3 is 1.96 bits per heavy atom. The number of amides is 7. The van der Waals surface area contributed by atoms with Gasteiger partial charge in [0.25, 0.3) is 23.6 Å². The van der Waals surface area contributed by atoms with Gasteiger partial charge in [-0.15, -0.1) is 0 Å². The van der Waals surface area contributed by atoms with Crippen molar-refractivity contribution < 1.29 is 71.9 Å². The predicted octanol–water partition coefficient (Wildman–Crippen LogP) is 5.35. The van der Waals surface area contributed by atoms with Crippen molar-refractivity contribution in [3.05, 3.63) is 83.7 Å². The molecule has 1 aromatic carbocycles. The Kier molecular flexibility index (Phi) is 22.8. The van der Waals surface area contributed by atoms with Gasteiger partial charge in [-0.2, -0.15) is 0 Å². The number of esters is 1. The number of aliphatic hydroxyl groups excluding tert-OH is 1. The highest BCUT2D eigenvalue weighted by molar-refractivity contribution is 6.08. The Labute approximate surface area is 487 Å². The van der Waals surface area contributed by atoms with Gasteiger partial charge in [0.05, 0.1) is 73.5 Å². The lowest BCUT2D eigenvalue weighted by Crippen LogP contribution is -2.41. The molecule has 26 nitrogen and oxygen atoms in total. The molecule has 0 bridgehead atoms. The van der Waals surface area contributed by atoms with Crippen LogP contribution in [0.3, 0.4) is 0 Å². The summed E-state index contributed by atoms with van der Waals surface area (Å²) in [6.45, 7) is 15.3. The van der Waals surface area contributed by atoms with E-state index in [1.165, 1.54) is 41.4 Å². The van der Waals surface area contributed by atoms with E-state index >= 15 is 0 Å². The smallest absolute Gasteiger partial charge is 0.407 e.